The Morgan fingerprint density at radius 2 is 1.38 bits per heavy atom. The Morgan fingerprint density at radius 3 is 2.02 bits per heavy atom. The van der Waals surface area contributed by atoms with E-state index in [1.165, 1.54) is 0 Å². The molecule has 2 saturated heterocycles. The van der Waals surface area contributed by atoms with Crippen molar-refractivity contribution in [2.24, 2.45) is 11.3 Å². The third-order valence-electron chi connectivity index (χ3n) is 12.8. The van der Waals surface area contributed by atoms with Gasteiger partial charge in [-0.2, -0.15) is 8.78 Å². The number of fused-ring (bicyclic) bond motifs is 6. The number of amides is 2. The van der Waals surface area contributed by atoms with Gasteiger partial charge in [0, 0.05) is 29.3 Å². The fourth-order valence-electron chi connectivity index (χ4n) is 9.84. The summed E-state index contributed by atoms with van der Waals surface area (Å²) in [4.78, 5) is 64.8. The Kier molecular flexibility index (Phi) is 9.75. The number of ether oxygens (including phenoxy) is 2. The van der Waals surface area contributed by atoms with Gasteiger partial charge in [-0.05, 0) is 138 Å². The van der Waals surface area contributed by atoms with Gasteiger partial charge < -0.3 is 29.7 Å². The van der Waals surface area contributed by atoms with Gasteiger partial charge in [-0.1, -0.05) is 30.3 Å². The zero-order chi connectivity index (χ0) is 45.0. The molecule has 4 fully saturated rings. The number of aromatic nitrogens is 4. The third-order valence-corrected chi connectivity index (χ3v) is 12.8. The van der Waals surface area contributed by atoms with Crippen molar-refractivity contribution in [1.29, 1.82) is 0 Å². The van der Waals surface area contributed by atoms with E-state index in [0.29, 0.717) is 46.2 Å². The minimum atomic E-state index is -3.23. The number of alkyl halides is 2. The van der Waals surface area contributed by atoms with Crippen LogP contribution >= 0.6 is 0 Å². The molecule has 330 valence electrons. The van der Waals surface area contributed by atoms with Crippen molar-refractivity contribution in [3.05, 3.63) is 83.6 Å². The van der Waals surface area contributed by atoms with Crippen LogP contribution in [0.2, 0.25) is 0 Å². The predicted molar refractivity (Wildman–Crippen MR) is 227 cm³/mol. The number of piperidine rings is 1. The van der Waals surface area contributed by atoms with Gasteiger partial charge in [0.15, 0.2) is 0 Å². The molecular weight excluding hydrogens is 815 g/mol. The molecule has 10 rings (SSSR count). The van der Waals surface area contributed by atoms with Gasteiger partial charge in [-0.15, -0.1) is 0 Å². The molecule has 0 unspecified atom stereocenters. The Hall–Kier alpha value is -6.32. The van der Waals surface area contributed by atoms with Crippen molar-refractivity contribution in [2.75, 3.05) is 6.54 Å². The molecule has 2 amide bonds. The molecule has 0 radical (unpaired) electrons. The number of nitrogens with one attached hydrogen (secondary N) is 2. The lowest BCUT2D eigenvalue weighted by atomic mass is 9.98. The topological polar surface area (TPSA) is 191 Å². The lowest BCUT2D eigenvalue weighted by molar-refractivity contribution is -0.159. The van der Waals surface area contributed by atoms with Gasteiger partial charge >= 0.3 is 24.1 Å². The lowest BCUT2D eigenvalue weighted by Gasteiger charge is -2.35. The molecule has 2 aliphatic heterocycles. The maximum absolute atomic E-state index is 16.5. The van der Waals surface area contributed by atoms with E-state index in [4.69, 9.17) is 34.3 Å². The van der Waals surface area contributed by atoms with Crippen LogP contribution in [0.5, 0.6) is 0 Å². The van der Waals surface area contributed by atoms with Gasteiger partial charge in [0.25, 0.3) is 5.92 Å². The first-order valence-electron chi connectivity index (χ1n) is 21.3. The molecule has 1 spiro atoms. The number of carboxylic acid groups (broad SMARTS) is 2. The molecule has 3 aliphatic carbocycles. The van der Waals surface area contributed by atoms with Crippen molar-refractivity contribution in [3.8, 4) is 33.5 Å². The van der Waals surface area contributed by atoms with E-state index < -0.39 is 29.1 Å². The number of aliphatic carboxylic acids is 2. The number of rotatable bonds is 4. The van der Waals surface area contributed by atoms with Crippen molar-refractivity contribution < 1.29 is 47.6 Å². The van der Waals surface area contributed by atoms with E-state index in [2.05, 4.69) is 15.0 Å². The summed E-state index contributed by atoms with van der Waals surface area (Å²) in [6.45, 7) is 11.8. The molecule has 4 N–H and O–H groups in total. The van der Waals surface area contributed by atoms with E-state index in [0.717, 1.165) is 60.9 Å². The first-order valence-corrected chi connectivity index (χ1v) is 21.3. The number of nitrogens with zero attached hydrogens (tertiary/aromatic N) is 4. The molecule has 16 heteroatoms. The van der Waals surface area contributed by atoms with Crippen LogP contribution in [-0.4, -0.2) is 87.9 Å². The largest absolute Gasteiger partial charge is 0.473 e. The van der Waals surface area contributed by atoms with E-state index >= 15 is 8.78 Å². The highest BCUT2D eigenvalue weighted by atomic mass is 19.3. The molecule has 2 aromatic heterocycles. The van der Waals surface area contributed by atoms with E-state index in [9.17, 15) is 9.59 Å². The number of hydrogen-bond acceptors (Lipinski definition) is 8. The number of carbonyl (C=O) groups excluding carboxylic acids is 2. The van der Waals surface area contributed by atoms with E-state index in [1.54, 1.807) is 35.4 Å². The van der Waals surface area contributed by atoms with Gasteiger partial charge in [0.1, 0.15) is 22.9 Å². The summed E-state index contributed by atoms with van der Waals surface area (Å²) < 4.78 is 44.5. The Labute approximate surface area is 362 Å². The lowest BCUT2D eigenvalue weighted by Crippen LogP contribution is -2.43. The van der Waals surface area contributed by atoms with E-state index in [1.807, 2.05) is 76.8 Å². The standard InChI is InChI=1S/C45H48F2N6O4.C2H2O4/c1-42(2,3)56-40(54)52-23-44(15-16-44)21-36(52)38-48-22-35(51-38)26-9-13-30-29-12-8-24(18-31(29)45(46,47)32(30)19-26)25-10-14-33-34(20-25)50-39(49-33)37-27-7-11-28(17-27)53(37)41(55)57-43(4,5)6;3-1(4)2(5)6/h8-10,12-14,18-20,22,27-28,36-37H,7,11,15-17,21,23H2,1-6H3,(H,48,51)(H,49,50);(H,3,4)(H,5,6)/t27-,28+,36+,37-;/m1./s1. The summed E-state index contributed by atoms with van der Waals surface area (Å²) in [6, 6.07) is 15.9. The average Bonchev–Trinajstić information content (AvgIpc) is 3.85. The minimum Gasteiger partial charge on any atom is -0.473 e. The second kappa shape index (κ2) is 14.6. The highest BCUT2D eigenvalue weighted by molar-refractivity contribution is 6.27. The summed E-state index contributed by atoms with van der Waals surface area (Å²) in [5.74, 6) is -5.21. The molecule has 5 aromatic rings. The number of imidazole rings is 2. The van der Waals surface area contributed by atoms with Crippen LogP contribution in [0.25, 0.3) is 44.5 Å². The van der Waals surface area contributed by atoms with E-state index in [-0.39, 0.29) is 46.9 Å². The number of likely N-dealkylation sites (tertiary alicyclic amines) is 2. The molecule has 14 nitrogen and oxygen atoms in total. The summed E-state index contributed by atoms with van der Waals surface area (Å²) in [7, 11) is 0. The number of hydrogen-bond donors (Lipinski definition) is 4. The average molecular weight is 865 g/mol. The third kappa shape index (κ3) is 7.77. The Balaban J connectivity index is 0.000000787. The Bertz CT molecular complexity index is 2680. The van der Waals surface area contributed by atoms with Gasteiger partial charge in [0.05, 0.1) is 35.0 Å². The first-order chi connectivity index (χ1) is 29.6. The number of H-pyrrole nitrogens is 2. The molecule has 3 aromatic carbocycles. The normalized spacial score (nSPS) is 22.4. The van der Waals surface area contributed by atoms with Crippen LogP contribution in [0.15, 0.2) is 60.8 Å². The monoisotopic (exact) mass is 864 g/mol. The molecule has 5 aliphatic rings. The zero-order valence-corrected chi connectivity index (χ0v) is 35.9. The highest BCUT2D eigenvalue weighted by Crippen LogP contribution is 2.59. The van der Waals surface area contributed by atoms with Crippen LogP contribution in [0.4, 0.5) is 18.4 Å². The number of aromatic amines is 2. The number of carboxylic acids is 2. The fourth-order valence-corrected chi connectivity index (χ4v) is 9.84. The summed E-state index contributed by atoms with van der Waals surface area (Å²) >= 11 is 0. The number of halogens is 2. The van der Waals surface area contributed by atoms with Crippen LogP contribution in [-0.2, 0) is 25.0 Å². The molecule has 2 bridgehead atoms. The molecular formula is C47H50F2N6O8. The maximum Gasteiger partial charge on any atom is 0.414 e. The van der Waals surface area contributed by atoms with Crippen LogP contribution in [0, 0.1) is 11.3 Å². The first kappa shape index (κ1) is 42.0. The summed E-state index contributed by atoms with van der Waals surface area (Å²) in [5, 5.41) is 14.8. The zero-order valence-electron chi connectivity index (χ0n) is 35.9. The summed E-state index contributed by atoms with van der Waals surface area (Å²) in [5.41, 5.74) is 4.02. The molecule has 4 heterocycles. The van der Waals surface area contributed by atoms with Crippen LogP contribution in [0.1, 0.15) is 115 Å². The van der Waals surface area contributed by atoms with Gasteiger partial charge in [-0.25, -0.2) is 29.1 Å². The van der Waals surface area contributed by atoms with Crippen LogP contribution in [0.3, 0.4) is 0 Å². The fraction of sp³-hybridized carbons (Fsp3) is 0.447. The van der Waals surface area contributed by atoms with Crippen molar-refractivity contribution >= 4 is 35.2 Å². The number of benzene rings is 3. The Morgan fingerprint density at radius 1 is 0.778 bits per heavy atom. The highest BCUT2D eigenvalue weighted by Gasteiger charge is 2.55. The molecule has 2 saturated carbocycles. The summed E-state index contributed by atoms with van der Waals surface area (Å²) in [6.07, 6.45) is 6.83. The second-order valence-electron chi connectivity index (χ2n) is 19.6. The van der Waals surface area contributed by atoms with Crippen LogP contribution < -0.4 is 0 Å². The van der Waals surface area contributed by atoms with Crippen molar-refractivity contribution in [1.82, 2.24) is 29.7 Å². The SMILES string of the molecule is CC(C)(C)OC(=O)N1CC2(CC2)C[C@H]1c1ncc(-c2ccc3c(c2)C(F)(F)c2cc(-c4ccc5nc([C@H]6[C@@H]7CC[C@@H](C7)N6C(=O)OC(C)(C)C)[nH]c5c4)ccc2-3)[nH]1.O=C(O)C(=O)O. The molecule has 4 atom stereocenters. The smallest absolute Gasteiger partial charge is 0.414 e. The van der Waals surface area contributed by atoms with Crippen molar-refractivity contribution in [3.63, 3.8) is 0 Å². The van der Waals surface area contributed by atoms with Gasteiger partial charge in [-0.3, -0.25) is 9.80 Å². The number of carbonyl (C=O) groups is 4. The molecule has 63 heavy (non-hydrogen) atoms. The van der Waals surface area contributed by atoms with Crippen molar-refractivity contribution in [2.45, 2.75) is 115 Å². The second-order valence-corrected chi connectivity index (χ2v) is 19.6. The predicted octanol–water partition coefficient (Wildman–Crippen LogP) is 9.82. The maximum atomic E-state index is 16.5. The van der Waals surface area contributed by atoms with Gasteiger partial charge in [0.2, 0.25) is 0 Å². The quantitative estimate of drug-likeness (QED) is 0.127. The minimum absolute atomic E-state index is 0.0356.